The second kappa shape index (κ2) is 4.32. The van der Waals surface area contributed by atoms with Crippen molar-refractivity contribution in [2.24, 2.45) is 5.73 Å². The average molecular weight is 158 g/mol. The fourth-order valence-electron chi connectivity index (χ4n) is 0.466. The normalized spacial score (nSPS) is 10.5. The van der Waals surface area contributed by atoms with Crippen molar-refractivity contribution in [3.05, 3.63) is 11.8 Å². The number of allylic oxidation sites excluding steroid dienone is 1. The number of esters is 1. The van der Waals surface area contributed by atoms with Gasteiger partial charge in [0, 0.05) is 11.8 Å². The predicted molar refractivity (Wildman–Crippen MR) is 38.5 cm³/mol. The molecule has 0 spiro atoms. The average Bonchev–Trinajstić information content (AvgIpc) is 1.85. The molecule has 0 atom stereocenters. The van der Waals surface area contributed by atoms with Crippen LogP contribution >= 0.6 is 0 Å². The fraction of sp³-hybridized carbons (Fsp3) is 0.333. The Kier molecular flexibility index (Phi) is 3.72. The summed E-state index contributed by atoms with van der Waals surface area (Å²) in [6.45, 7) is 1.53. The Hall–Kier alpha value is -1.52. The van der Waals surface area contributed by atoms with Crippen LogP contribution in [0.1, 0.15) is 6.92 Å². The number of nitrogens with one attached hydrogen (secondary N) is 1. The number of urea groups is 1. The molecule has 3 N–H and O–H groups in total. The molecule has 0 unspecified atom stereocenters. The number of carbonyl (C=O) groups is 2. The fourth-order valence-corrected chi connectivity index (χ4v) is 0.466. The summed E-state index contributed by atoms with van der Waals surface area (Å²) in [4.78, 5) is 20.7. The van der Waals surface area contributed by atoms with Crippen molar-refractivity contribution in [1.82, 2.24) is 5.32 Å². The number of methoxy groups -OCH3 is 1. The van der Waals surface area contributed by atoms with E-state index in [-0.39, 0.29) is 0 Å². The van der Waals surface area contributed by atoms with Crippen molar-refractivity contribution in [3.63, 3.8) is 0 Å². The van der Waals surface area contributed by atoms with Gasteiger partial charge in [0.1, 0.15) is 0 Å². The van der Waals surface area contributed by atoms with Gasteiger partial charge < -0.3 is 15.8 Å². The molecule has 0 heterocycles. The Labute approximate surface area is 64.2 Å². The molecule has 0 aliphatic heterocycles. The number of primary amides is 1. The highest BCUT2D eigenvalue weighted by Gasteiger charge is 1.97. The minimum Gasteiger partial charge on any atom is -0.466 e. The topological polar surface area (TPSA) is 81.4 Å². The number of rotatable bonds is 2. The van der Waals surface area contributed by atoms with Crippen LogP contribution in [0.15, 0.2) is 11.8 Å². The minimum absolute atomic E-state index is 0.351. The SMILES string of the molecule is COC(=O)/C=C(/C)NC(N)=O. The maximum absolute atomic E-state index is 10.5. The first-order valence-corrected chi connectivity index (χ1v) is 2.89. The van der Waals surface area contributed by atoms with Gasteiger partial charge in [0.2, 0.25) is 0 Å². The third kappa shape index (κ3) is 4.95. The van der Waals surface area contributed by atoms with Crippen molar-refractivity contribution >= 4 is 12.0 Å². The molecule has 0 aliphatic carbocycles. The largest absolute Gasteiger partial charge is 0.466 e. The molecule has 5 heteroatoms. The van der Waals surface area contributed by atoms with Crippen LogP contribution < -0.4 is 11.1 Å². The smallest absolute Gasteiger partial charge is 0.332 e. The molecule has 0 aromatic carbocycles. The van der Waals surface area contributed by atoms with Crippen molar-refractivity contribution in [1.29, 1.82) is 0 Å². The summed E-state index contributed by atoms with van der Waals surface area (Å²) in [5, 5.41) is 2.21. The van der Waals surface area contributed by atoms with E-state index < -0.39 is 12.0 Å². The molecular formula is C6H10N2O3. The van der Waals surface area contributed by atoms with Gasteiger partial charge in [0.25, 0.3) is 0 Å². The third-order valence-electron chi connectivity index (χ3n) is 0.856. The van der Waals surface area contributed by atoms with Crippen molar-refractivity contribution in [2.45, 2.75) is 6.92 Å². The lowest BCUT2D eigenvalue weighted by Crippen LogP contribution is -2.28. The third-order valence-corrected chi connectivity index (χ3v) is 0.856. The molecule has 0 bridgehead atoms. The van der Waals surface area contributed by atoms with Crippen LogP contribution in [0.4, 0.5) is 4.79 Å². The summed E-state index contributed by atoms with van der Waals surface area (Å²) in [5.74, 6) is -0.531. The molecule has 11 heavy (non-hydrogen) atoms. The Morgan fingerprint density at radius 1 is 1.55 bits per heavy atom. The van der Waals surface area contributed by atoms with E-state index in [1.807, 2.05) is 0 Å². The molecule has 0 fully saturated rings. The summed E-state index contributed by atoms with van der Waals surface area (Å²) in [6, 6.07) is -0.706. The Bertz CT molecular complexity index is 198. The van der Waals surface area contributed by atoms with Gasteiger partial charge in [-0.1, -0.05) is 0 Å². The van der Waals surface area contributed by atoms with Crippen LogP contribution in [0, 0.1) is 0 Å². The van der Waals surface area contributed by atoms with Crippen LogP contribution in [-0.2, 0) is 9.53 Å². The second-order valence-electron chi connectivity index (χ2n) is 1.84. The number of hydrogen-bond acceptors (Lipinski definition) is 3. The van der Waals surface area contributed by atoms with Crippen LogP contribution in [0.25, 0.3) is 0 Å². The highest BCUT2D eigenvalue weighted by molar-refractivity contribution is 5.84. The van der Waals surface area contributed by atoms with Gasteiger partial charge in [-0.2, -0.15) is 0 Å². The molecule has 0 aromatic rings. The van der Waals surface area contributed by atoms with Crippen molar-refractivity contribution < 1.29 is 14.3 Å². The van der Waals surface area contributed by atoms with E-state index in [9.17, 15) is 9.59 Å². The van der Waals surface area contributed by atoms with E-state index in [1.54, 1.807) is 0 Å². The minimum atomic E-state index is -0.706. The van der Waals surface area contributed by atoms with E-state index in [0.717, 1.165) is 6.08 Å². The van der Waals surface area contributed by atoms with E-state index in [2.05, 4.69) is 10.1 Å². The van der Waals surface area contributed by atoms with Gasteiger partial charge in [0.15, 0.2) is 0 Å². The van der Waals surface area contributed by atoms with Crippen molar-refractivity contribution in [2.75, 3.05) is 7.11 Å². The quantitative estimate of drug-likeness (QED) is 0.428. The highest BCUT2D eigenvalue weighted by Crippen LogP contribution is 1.86. The Morgan fingerprint density at radius 2 is 2.09 bits per heavy atom. The lowest BCUT2D eigenvalue weighted by atomic mass is 10.4. The van der Waals surface area contributed by atoms with Gasteiger partial charge in [0.05, 0.1) is 7.11 Å². The molecule has 0 saturated heterocycles. The highest BCUT2D eigenvalue weighted by atomic mass is 16.5. The van der Waals surface area contributed by atoms with Gasteiger partial charge in [-0.15, -0.1) is 0 Å². The van der Waals surface area contributed by atoms with Gasteiger partial charge >= 0.3 is 12.0 Å². The molecule has 5 nitrogen and oxygen atoms in total. The first-order chi connectivity index (χ1) is 5.06. The lowest BCUT2D eigenvalue weighted by molar-refractivity contribution is -0.134. The second-order valence-corrected chi connectivity index (χ2v) is 1.84. The monoisotopic (exact) mass is 158 g/mol. The molecule has 0 aromatic heterocycles. The molecule has 0 radical (unpaired) electrons. The summed E-state index contributed by atoms with van der Waals surface area (Å²) in [5.41, 5.74) is 5.12. The van der Waals surface area contributed by atoms with E-state index in [0.29, 0.717) is 5.70 Å². The van der Waals surface area contributed by atoms with Crippen molar-refractivity contribution in [3.8, 4) is 0 Å². The maximum Gasteiger partial charge on any atom is 0.332 e. The zero-order valence-electron chi connectivity index (χ0n) is 6.38. The maximum atomic E-state index is 10.5. The summed E-state index contributed by atoms with van der Waals surface area (Å²) in [6.07, 6.45) is 1.13. The number of carbonyl (C=O) groups excluding carboxylic acids is 2. The number of amides is 2. The van der Waals surface area contributed by atoms with Gasteiger partial charge in [-0.3, -0.25) is 0 Å². The molecule has 62 valence electrons. The van der Waals surface area contributed by atoms with Gasteiger partial charge in [-0.25, -0.2) is 9.59 Å². The standard InChI is InChI=1S/C6H10N2O3/c1-4(8-6(7)10)3-5(9)11-2/h3H,1-2H3,(H3,7,8,10)/b4-3-. The van der Waals surface area contributed by atoms with Crippen LogP contribution in [-0.4, -0.2) is 19.1 Å². The summed E-state index contributed by atoms with van der Waals surface area (Å²) >= 11 is 0. The lowest BCUT2D eigenvalue weighted by Gasteiger charge is -1.98. The number of hydrogen-bond donors (Lipinski definition) is 2. The molecule has 2 amide bonds. The van der Waals surface area contributed by atoms with E-state index in [1.165, 1.54) is 14.0 Å². The molecule has 0 aliphatic rings. The molecule has 0 rings (SSSR count). The predicted octanol–water partition coefficient (Wildman–Crippen LogP) is -0.268. The number of ether oxygens (including phenoxy) is 1. The molecular weight excluding hydrogens is 148 g/mol. The van der Waals surface area contributed by atoms with Crippen LogP contribution in [0.5, 0.6) is 0 Å². The molecule has 0 saturated carbocycles. The zero-order chi connectivity index (χ0) is 8.85. The number of nitrogens with two attached hydrogens (primary N) is 1. The zero-order valence-corrected chi connectivity index (χ0v) is 6.38. The Balaban J connectivity index is 4.00. The summed E-state index contributed by atoms with van der Waals surface area (Å²) < 4.78 is 4.29. The van der Waals surface area contributed by atoms with Crippen LogP contribution in [0.2, 0.25) is 0 Å². The summed E-state index contributed by atoms with van der Waals surface area (Å²) in [7, 11) is 1.25. The van der Waals surface area contributed by atoms with E-state index >= 15 is 0 Å². The van der Waals surface area contributed by atoms with Crippen LogP contribution in [0.3, 0.4) is 0 Å². The Morgan fingerprint density at radius 3 is 2.45 bits per heavy atom. The first kappa shape index (κ1) is 9.48. The van der Waals surface area contributed by atoms with Gasteiger partial charge in [-0.05, 0) is 6.92 Å². The van der Waals surface area contributed by atoms with E-state index in [4.69, 9.17) is 5.73 Å². The first-order valence-electron chi connectivity index (χ1n) is 2.89.